The number of halogens is 1. The first-order chi connectivity index (χ1) is 8.87. The average molecular weight is 265 g/mol. The number of ether oxygens (including phenoxy) is 1. The van der Waals surface area contributed by atoms with Crippen LogP contribution in [0.1, 0.15) is 45.1 Å². The molecular formula is C16H24FNO. The van der Waals surface area contributed by atoms with Crippen molar-refractivity contribution in [3.8, 4) is 5.75 Å². The summed E-state index contributed by atoms with van der Waals surface area (Å²) in [6, 6.07) is 7.94. The van der Waals surface area contributed by atoms with Gasteiger partial charge in [-0.25, -0.2) is 4.39 Å². The number of fused-ring (bicyclic) bond motifs is 1. The van der Waals surface area contributed by atoms with Crippen LogP contribution >= 0.6 is 0 Å². The topological polar surface area (TPSA) is 35.2 Å². The molecule has 1 aromatic carbocycles. The predicted octanol–water partition coefficient (Wildman–Crippen LogP) is 3.66. The van der Waals surface area contributed by atoms with E-state index in [9.17, 15) is 0 Å². The van der Waals surface area contributed by atoms with Gasteiger partial charge in [0.05, 0.1) is 6.61 Å². The minimum Gasteiger partial charge on any atom is -0.493 e. The smallest absolute Gasteiger partial charge is 0.128 e. The Morgan fingerprint density at radius 3 is 2.63 bits per heavy atom. The van der Waals surface area contributed by atoms with E-state index in [4.69, 9.17) is 10.5 Å². The van der Waals surface area contributed by atoms with Crippen molar-refractivity contribution in [2.75, 3.05) is 13.2 Å². The van der Waals surface area contributed by atoms with Crippen LogP contribution in [0.15, 0.2) is 24.3 Å². The number of nitrogens with two attached hydrogens (primary N) is 1. The molecule has 0 fully saturated rings. The van der Waals surface area contributed by atoms with Gasteiger partial charge < -0.3 is 10.5 Å². The van der Waals surface area contributed by atoms with Crippen LogP contribution in [0.5, 0.6) is 5.75 Å². The summed E-state index contributed by atoms with van der Waals surface area (Å²) < 4.78 is 20.8. The highest BCUT2D eigenvalue weighted by molar-refractivity contribution is 5.38. The van der Waals surface area contributed by atoms with Gasteiger partial charge in [-0.1, -0.05) is 39.0 Å². The zero-order chi connectivity index (χ0) is 14.1. The number of rotatable bonds is 3. The number of alkyl halides is 1. The van der Waals surface area contributed by atoms with Crippen molar-refractivity contribution in [1.82, 2.24) is 0 Å². The Bertz CT molecular complexity index is 441. The number of benzene rings is 1. The second-order valence-electron chi connectivity index (χ2n) is 6.50. The minimum absolute atomic E-state index is 0.0655. The first-order valence-corrected chi connectivity index (χ1v) is 6.98. The van der Waals surface area contributed by atoms with Crippen LogP contribution in [0.4, 0.5) is 4.39 Å². The Hall–Kier alpha value is -1.09. The summed E-state index contributed by atoms with van der Waals surface area (Å²) in [7, 11) is 0. The number of hydrogen-bond acceptors (Lipinski definition) is 2. The maximum absolute atomic E-state index is 15.1. The largest absolute Gasteiger partial charge is 0.493 e. The van der Waals surface area contributed by atoms with Gasteiger partial charge in [-0.3, -0.25) is 0 Å². The molecule has 1 aliphatic rings. The summed E-state index contributed by atoms with van der Waals surface area (Å²) in [6.45, 7) is 6.49. The van der Waals surface area contributed by atoms with Gasteiger partial charge in [-0.05, 0) is 35.8 Å². The molecule has 1 aromatic rings. The lowest BCUT2D eigenvalue weighted by Gasteiger charge is -2.40. The lowest BCUT2D eigenvalue weighted by molar-refractivity contribution is 0.0184. The van der Waals surface area contributed by atoms with Crippen molar-refractivity contribution < 1.29 is 9.13 Å². The van der Waals surface area contributed by atoms with Gasteiger partial charge in [0.1, 0.15) is 11.4 Å². The van der Waals surface area contributed by atoms with E-state index in [1.807, 2.05) is 45.0 Å². The Kier molecular flexibility index (Phi) is 3.86. The molecule has 0 spiro atoms. The van der Waals surface area contributed by atoms with Gasteiger partial charge in [-0.2, -0.15) is 0 Å². The molecule has 0 saturated heterocycles. The third kappa shape index (κ3) is 2.76. The molecule has 1 heterocycles. The fourth-order valence-electron chi connectivity index (χ4n) is 2.71. The van der Waals surface area contributed by atoms with E-state index in [1.165, 1.54) is 0 Å². The molecule has 2 atom stereocenters. The van der Waals surface area contributed by atoms with Crippen LogP contribution in [-0.2, 0) is 0 Å². The van der Waals surface area contributed by atoms with Gasteiger partial charge in [0.25, 0.3) is 0 Å². The Morgan fingerprint density at radius 1 is 1.32 bits per heavy atom. The number of para-hydroxylation sites is 1. The summed E-state index contributed by atoms with van der Waals surface area (Å²) in [5.41, 5.74) is 5.05. The maximum atomic E-state index is 15.1. The molecule has 2 rings (SSSR count). The third-order valence-electron chi connectivity index (χ3n) is 4.32. The van der Waals surface area contributed by atoms with Gasteiger partial charge >= 0.3 is 0 Å². The van der Waals surface area contributed by atoms with Crippen molar-refractivity contribution in [3.05, 3.63) is 29.8 Å². The molecule has 106 valence electrons. The Labute approximate surface area is 115 Å². The zero-order valence-corrected chi connectivity index (χ0v) is 12.1. The van der Waals surface area contributed by atoms with Crippen LogP contribution in [0, 0.1) is 5.41 Å². The van der Waals surface area contributed by atoms with Crippen LogP contribution in [0.3, 0.4) is 0 Å². The van der Waals surface area contributed by atoms with Gasteiger partial charge in [-0.15, -0.1) is 0 Å². The Balaban J connectivity index is 2.25. The molecule has 0 aromatic heterocycles. The molecule has 2 N–H and O–H groups in total. The average Bonchev–Trinajstić information content (AvgIpc) is 2.38. The molecule has 2 nitrogen and oxygen atoms in total. The second-order valence-corrected chi connectivity index (χ2v) is 6.50. The van der Waals surface area contributed by atoms with Crippen LogP contribution in [0.2, 0.25) is 0 Å². The fraction of sp³-hybridized carbons (Fsp3) is 0.625. The molecular weight excluding hydrogens is 241 g/mol. The van der Waals surface area contributed by atoms with Crippen molar-refractivity contribution in [2.24, 2.45) is 11.1 Å². The molecule has 0 aliphatic carbocycles. The van der Waals surface area contributed by atoms with Crippen LogP contribution < -0.4 is 10.5 Å². The van der Waals surface area contributed by atoms with E-state index >= 15 is 4.39 Å². The zero-order valence-electron chi connectivity index (χ0n) is 12.1. The van der Waals surface area contributed by atoms with Crippen LogP contribution in [-0.4, -0.2) is 18.8 Å². The summed E-state index contributed by atoms with van der Waals surface area (Å²) in [4.78, 5) is 0. The molecule has 0 amide bonds. The molecule has 0 radical (unpaired) electrons. The van der Waals surface area contributed by atoms with Crippen molar-refractivity contribution in [2.45, 2.75) is 45.2 Å². The SMILES string of the molecule is CC(C)(C)C(F)(CN)CC1CCOc2ccccc21. The molecule has 19 heavy (non-hydrogen) atoms. The van der Waals surface area contributed by atoms with E-state index in [1.54, 1.807) is 0 Å². The van der Waals surface area contributed by atoms with Crippen molar-refractivity contribution in [1.29, 1.82) is 0 Å². The van der Waals surface area contributed by atoms with E-state index < -0.39 is 11.1 Å². The quantitative estimate of drug-likeness (QED) is 0.905. The molecule has 1 aliphatic heterocycles. The highest BCUT2D eigenvalue weighted by atomic mass is 19.1. The number of hydrogen-bond donors (Lipinski definition) is 1. The lowest BCUT2D eigenvalue weighted by Crippen LogP contribution is -2.46. The normalized spacial score (nSPS) is 22.3. The molecule has 0 bridgehead atoms. The van der Waals surface area contributed by atoms with E-state index in [-0.39, 0.29) is 12.5 Å². The highest BCUT2D eigenvalue weighted by Gasteiger charge is 2.43. The van der Waals surface area contributed by atoms with E-state index in [0.29, 0.717) is 13.0 Å². The van der Waals surface area contributed by atoms with Crippen LogP contribution in [0.25, 0.3) is 0 Å². The van der Waals surface area contributed by atoms with Crippen molar-refractivity contribution in [3.63, 3.8) is 0 Å². The first kappa shape index (κ1) is 14.3. The highest BCUT2D eigenvalue weighted by Crippen LogP contribution is 2.45. The van der Waals surface area contributed by atoms with Crippen molar-refractivity contribution >= 4 is 0 Å². The molecule has 2 unspecified atom stereocenters. The summed E-state index contributed by atoms with van der Waals surface area (Å²) in [5.74, 6) is 1.09. The first-order valence-electron chi connectivity index (χ1n) is 6.98. The summed E-state index contributed by atoms with van der Waals surface area (Å²) in [5, 5.41) is 0. The minimum atomic E-state index is -1.35. The third-order valence-corrected chi connectivity index (χ3v) is 4.32. The monoisotopic (exact) mass is 265 g/mol. The predicted molar refractivity (Wildman–Crippen MR) is 76.3 cm³/mol. The molecule has 3 heteroatoms. The lowest BCUT2D eigenvalue weighted by atomic mass is 9.71. The summed E-state index contributed by atoms with van der Waals surface area (Å²) in [6.07, 6.45) is 1.33. The molecule has 0 saturated carbocycles. The van der Waals surface area contributed by atoms with Gasteiger partial charge in [0, 0.05) is 6.54 Å². The van der Waals surface area contributed by atoms with Gasteiger partial charge in [0.15, 0.2) is 0 Å². The summed E-state index contributed by atoms with van der Waals surface area (Å²) >= 11 is 0. The van der Waals surface area contributed by atoms with E-state index in [0.717, 1.165) is 17.7 Å². The van der Waals surface area contributed by atoms with E-state index in [2.05, 4.69) is 0 Å². The fourth-order valence-corrected chi connectivity index (χ4v) is 2.71. The standard InChI is InChI=1S/C16H24FNO/c1-15(2,3)16(17,11-18)10-12-8-9-19-14-7-5-4-6-13(12)14/h4-7,12H,8-11,18H2,1-3H3. The second kappa shape index (κ2) is 5.12. The Morgan fingerprint density at radius 2 is 2.00 bits per heavy atom. The maximum Gasteiger partial charge on any atom is 0.128 e. The van der Waals surface area contributed by atoms with Gasteiger partial charge in [0.2, 0.25) is 0 Å².